The molecule has 0 aliphatic carbocycles. The van der Waals surface area contributed by atoms with Crippen molar-refractivity contribution in [2.75, 3.05) is 50.5 Å². The Morgan fingerprint density at radius 1 is 1.35 bits per heavy atom. The molecule has 5 nitrogen and oxygen atoms in total. The van der Waals surface area contributed by atoms with E-state index in [0.717, 1.165) is 56.1 Å². The van der Waals surface area contributed by atoms with Gasteiger partial charge in [-0.25, -0.2) is 0 Å². The van der Waals surface area contributed by atoms with Gasteiger partial charge in [-0.15, -0.1) is 0 Å². The van der Waals surface area contributed by atoms with E-state index in [9.17, 15) is 4.79 Å². The molecular formula is C15H21N3O2. The molecule has 0 bridgehead atoms. The number of anilines is 2. The minimum absolute atomic E-state index is 0.124. The van der Waals surface area contributed by atoms with Crippen LogP contribution in [-0.2, 0) is 4.74 Å². The molecule has 1 atom stereocenters. The van der Waals surface area contributed by atoms with Crippen LogP contribution < -0.4 is 10.6 Å². The van der Waals surface area contributed by atoms with E-state index < -0.39 is 0 Å². The number of rotatable bonds is 3. The van der Waals surface area contributed by atoms with E-state index in [1.165, 1.54) is 0 Å². The van der Waals surface area contributed by atoms with Gasteiger partial charge in [0.1, 0.15) is 0 Å². The van der Waals surface area contributed by atoms with E-state index >= 15 is 0 Å². The summed E-state index contributed by atoms with van der Waals surface area (Å²) in [5.74, 6) is 0.597. The highest BCUT2D eigenvalue weighted by molar-refractivity contribution is 5.96. The fourth-order valence-corrected chi connectivity index (χ4v) is 2.94. The number of likely N-dealkylation sites (tertiary alicyclic amines) is 1. The van der Waals surface area contributed by atoms with Crippen molar-refractivity contribution < 1.29 is 9.53 Å². The largest absolute Gasteiger partial charge is 0.384 e. The first-order valence-electron chi connectivity index (χ1n) is 7.18. The summed E-state index contributed by atoms with van der Waals surface area (Å²) in [5, 5.41) is 6.64. The molecule has 0 saturated carbocycles. The number of amides is 1. The topological polar surface area (TPSA) is 53.6 Å². The third kappa shape index (κ3) is 2.58. The molecule has 1 unspecified atom stereocenters. The van der Waals surface area contributed by atoms with Gasteiger partial charge < -0.3 is 20.3 Å². The molecule has 3 rings (SSSR count). The fraction of sp³-hybridized carbons (Fsp3) is 0.533. The highest BCUT2D eigenvalue weighted by Crippen LogP contribution is 2.27. The second-order valence-electron chi connectivity index (χ2n) is 5.48. The predicted molar refractivity (Wildman–Crippen MR) is 79.3 cm³/mol. The monoisotopic (exact) mass is 275 g/mol. The smallest absolute Gasteiger partial charge is 0.253 e. The number of methoxy groups -OCH3 is 1. The standard InChI is InChI=1S/C15H21N3O2/c1-20-10-11-4-7-18(9-11)15(19)12-2-3-13-14(8-12)17-6-5-16-13/h2-3,8,11,16-17H,4-7,9-10H2,1H3. The number of ether oxygens (including phenoxy) is 1. The van der Waals surface area contributed by atoms with Crippen LogP contribution in [0.2, 0.25) is 0 Å². The first kappa shape index (κ1) is 13.2. The molecule has 20 heavy (non-hydrogen) atoms. The Hall–Kier alpha value is -1.75. The lowest BCUT2D eigenvalue weighted by molar-refractivity contribution is 0.0775. The maximum Gasteiger partial charge on any atom is 0.253 e. The fourth-order valence-electron chi connectivity index (χ4n) is 2.94. The number of hydrogen-bond donors (Lipinski definition) is 2. The Morgan fingerprint density at radius 2 is 2.15 bits per heavy atom. The van der Waals surface area contributed by atoms with Crippen molar-refractivity contribution >= 4 is 17.3 Å². The van der Waals surface area contributed by atoms with Crippen molar-refractivity contribution in [3.63, 3.8) is 0 Å². The van der Waals surface area contributed by atoms with Crippen LogP contribution in [0.4, 0.5) is 11.4 Å². The summed E-state index contributed by atoms with van der Waals surface area (Å²) in [5.41, 5.74) is 2.86. The minimum atomic E-state index is 0.124. The SMILES string of the molecule is COCC1CCN(C(=O)c2ccc3c(c2)NCCN3)C1. The van der Waals surface area contributed by atoms with Gasteiger partial charge in [0.2, 0.25) is 0 Å². The van der Waals surface area contributed by atoms with E-state index in [4.69, 9.17) is 4.74 Å². The molecule has 0 radical (unpaired) electrons. The van der Waals surface area contributed by atoms with Crippen LogP contribution in [0.1, 0.15) is 16.8 Å². The minimum Gasteiger partial charge on any atom is -0.384 e. The van der Waals surface area contributed by atoms with Crippen LogP contribution in [-0.4, -0.2) is 50.7 Å². The zero-order chi connectivity index (χ0) is 13.9. The van der Waals surface area contributed by atoms with Gasteiger partial charge in [-0.2, -0.15) is 0 Å². The van der Waals surface area contributed by atoms with Crippen LogP contribution >= 0.6 is 0 Å². The molecule has 2 heterocycles. The Labute approximate surface area is 119 Å². The molecule has 1 saturated heterocycles. The third-order valence-electron chi connectivity index (χ3n) is 4.00. The summed E-state index contributed by atoms with van der Waals surface area (Å²) in [7, 11) is 1.71. The normalized spacial score (nSPS) is 21.1. The molecule has 2 aliphatic rings. The van der Waals surface area contributed by atoms with Gasteiger partial charge >= 0.3 is 0 Å². The number of benzene rings is 1. The summed E-state index contributed by atoms with van der Waals surface area (Å²) in [6.45, 7) is 4.18. The molecule has 0 aromatic heterocycles. The summed E-state index contributed by atoms with van der Waals surface area (Å²) in [4.78, 5) is 14.5. The molecule has 1 aromatic carbocycles. The number of carbonyl (C=O) groups is 1. The number of carbonyl (C=O) groups excluding carboxylic acids is 1. The Morgan fingerprint density at radius 3 is 2.95 bits per heavy atom. The molecule has 1 fully saturated rings. The maximum absolute atomic E-state index is 12.5. The average Bonchev–Trinajstić information content (AvgIpc) is 2.95. The highest BCUT2D eigenvalue weighted by Gasteiger charge is 2.27. The van der Waals surface area contributed by atoms with E-state index in [0.29, 0.717) is 5.92 Å². The molecule has 5 heteroatoms. The van der Waals surface area contributed by atoms with Gasteiger partial charge in [-0.3, -0.25) is 4.79 Å². The molecular weight excluding hydrogens is 254 g/mol. The quantitative estimate of drug-likeness (QED) is 0.880. The second kappa shape index (κ2) is 5.71. The second-order valence-corrected chi connectivity index (χ2v) is 5.48. The molecule has 108 valence electrons. The Kier molecular flexibility index (Phi) is 3.78. The summed E-state index contributed by atoms with van der Waals surface area (Å²) in [6.07, 6.45) is 1.03. The average molecular weight is 275 g/mol. The van der Waals surface area contributed by atoms with Gasteiger partial charge in [0.05, 0.1) is 18.0 Å². The maximum atomic E-state index is 12.5. The first-order valence-corrected chi connectivity index (χ1v) is 7.18. The molecule has 2 N–H and O–H groups in total. The van der Waals surface area contributed by atoms with E-state index in [1.54, 1.807) is 7.11 Å². The molecule has 0 spiro atoms. The zero-order valence-electron chi connectivity index (χ0n) is 11.8. The predicted octanol–water partition coefficient (Wildman–Crippen LogP) is 1.63. The van der Waals surface area contributed by atoms with Crippen LogP contribution in [0.5, 0.6) is 0 Å². The van der Waals surface area contributed by atoms with Crippen LogP contribution in [0.3, 0.4) is 0 Å². The van der Waals surface area contributed by atoms with Crippen molar-refractivity contribution in [3.8, 4) is 0 Å². The lowest BCUT2D eigenvalue weighted by Crippen LogP contribution is -2.29. The Bertz CT molecular complexity index is 504. The molecule has 2 aliphatic heterocycles. The van der Waals surface area contributed by atoms with Crippen molar-refractivity contribution in [2.24, 2.45) is 5.92 Å². The van der Waals surface area contributed by atoms with Crippen molar-refractivity contribution in [2.45, 2.75) is 6.42 Å². The summed E-state index contributed by atoms with van der Waals surface area (Å²) >= 11 is 0. The van der Waals surface area contributed by atoms with E-state index in [-0.39, 0.29) is 5.91 Å². The van der Waals surface area contributed by atoms with Gasteiger partial charge in [-0.05, 0) is 24.6 Å². The van der Waals surface area contributed by atoms with Gasteiger partial charge in [0.15, 0.2) is 0 Å². The Balaban J connectivity index is 1.71. The first-order chi connectivity index (χ1) is 9.78. The summed E-state index contributed by atoms with van der Waals surface area (Å²) < 4.78 is 5.18. The zero-order valence-corrected chi connectivity index (χ0v) is 11.8. The number of fused-ring (bicyclic) bond motifs is 1. The lowest BCUT2D eigenvalue weighted by Gasteiger charge is -2.22. The van der Waals surface area contributed by atoms with Crippen molar-refractivity contribution in [1.29, 1.82) is 0 Å². The van der Waals surface area contributed by atoms with Gasteiger partial charge in [0, 0.05) is 44.8 Å². The third-order valence-corrected chi connectivity index (χ3v) is 4.00. The van der Waals surface area contributed by atoms with Gasteiger partial charge in [0.25, 0.3) is 5.91 Å². The van der Waals surface area contributed by atoms with E-state index in [1.807, 2.05) is 23.1 Å². The molecule has 1 amide bonds. The lowest BCUT2D eigenvalue weighted by atomic mass is 10.1. The highest BCUT2D eigenvalue weighted by atomic mass is 16.5. The number of nitrogens with zero attached hydrogens (tertiary/aromatic N) is 1. The molecule has 1 aromatic rings. The van der Waals surface area contributed by atoms with Crippen molar-refractivity contribution in [3.05, 3.63) is 23.8 Å². The van der Waals surface area contributed by atoms with Crippen LogP contribution in [0, 0.1) is 5.92 Å². The summed E-state index contributed by atoms with van der Waals surface area (Å²) in [6, 6.07) is 5.84. The van der Waals surface area contributed by atoms with E-state index in [2.05, 4.69) is 10.6 Å². The number of nitrogens with one attached hydrogen (secondary N) is 2. The van der Waals surface area contributed by atoms with Crippen LogP contribution in [0.15, 0.2) is 18.2 Å². The van der Waals surface area contributed by atoms with Crippen molar-refractivity contribution in [1.82, 2.24) is 4.90 Å². The number of hydrogen-bond acceptors (Lipinski definition) is 4. The van der Waals surface area contributed by atoms with Crippen LogP contribution in [0.25, 0.3) is 0 Å². The van der Waals surface area contributed by atoms with Gasteiger partial charge in [-0.1, -0.05) is 0 Å².